The maximum atomic E-state index is 11.7. The average molecular weight is 177 g/mol. The molecule has 0 bridgehead atoms. The summed E-state index contributed by atoms with van der Waals surface area (Å²) in [7, 11) is 0. The topological polar surface area (TPSA) is 40.9 Å². The van der Waals surface area contributed by atoms with E-state index in [1.807, 2.05) is 0 Å². The van der Waals surface area contributed by atoms with Crippen LogP contribution in [0.1, 0.15) is 39.0 Å². The molecular weight excluding hydrogens is 162 g/mol. The molecule has 0 spiro atoms. The van der Waals surface area contributed by atoms with Crippen LogP contribution < -0.4 is 0 Å². The third-order valence-corrected chi connectivity index (χ3v) is 3.86. The summed E-state index contributed by atoms with van der Waals surface area (Å²) < 4.78 is 0. The van der Waals surface area contributed by atoms with E-state index in [2.05, 4.69) is 13.0 Å². The highest BCUT2D eigenvalue weighted by molar-refractivity contribution is 5.83. The Morgan fingerprint density at radius 2 is 2.31 bits per heavy atom. The number of fused-ring (bicyclic) bond motifs is 1. The van der Waals surface area contributed by atoms with Crippen LogP contribution in [0, 0.1) is 28.6 Å². The van der Waals surface area contributed by atoms with Crippen molar-refractivity contribution in [1.82, 2.24) is 0 Å². The van der Waals surface area contributed by atoms with Gasteiger partial charge in [0.2, 0.25) is 0 Å². The van der Waals surface area contributed by atoms with Crippen LogP contribution in [0.3, 0.4) is 0 Å². The number of hydrogen-bond acceptors (Lipinski definition) is 2. The number of hydrogen-bond donors (Lipinski definition) is 0. The van der Waals surface area contributed by atoms with Crippen LogP contribution in [0.25, 0.3) is 0 Å². The smallest absolute Gasteiger partial charge is 0.137 e. The van der Waals surface area contributed by atoms with Crippen molar-refractivity contribution in [1.29, 1.82) is 5.26 Å². The molecule has 2 heteroatoms. The van der Waals surface area contributed by atoms with E-state index in [1.165, 1.54) is 0 Å². The van der Waals surface area contributed by atoms with Gasteiger partial charge in [0.1, 0.15) is 5.78 Å². The van der Waals surface area contributed by atoms with Crippen molar-refractivity contribution in [2.75, 3.05) is 0 Å². The van der Waals surface area contributed by atoms with Gasteiger partial charge >= 0.3 is 0 Å². The third-order valence-electron chi connectivity index (χ3n) is 3.86. The van der Waals surface area contributed by atoms with Gasteiger partial charge in [0, 0.05) is 12.3 Å². The molecule has 2 rings (SSSR count). The Labute approximate surface area is 78.9 Å². The van der Waals surface area contributed by atoms with Crippen LogP contribution in [0.4, 0.5) is 0 Å². The molecule has 3 unspecified atom stereocenters. The Hall–Kier alpha value is -0.840. The lowest BCUT2D eigenvalue weighted by Gasteiger charge is -2.35. The van der Waals surface area contributed by atoms with Gasteiger partial charge in [-0.2, -0.15) is 5.26 Å². The number of carbonyl (C=O) groups is 1. The first-order chi connectivity index (χ1) is 6.17. The zero-order valence-electron chi connectivity index (χ0n) is 8.05. The lowest BCUT2D eigenvalue weighted by atomic mass is 9.67. The first-order valence-electron chi connectivity index (χ1n) is 5.10. The van der Waals surface area contributed by atoms with Gasteiger partial charge in [0.25, 0.3) is 0 Å². The fourth-order valence-corrected chi connectivity index (χ4v) is 3.15. The van der Waals surface area contributed by atoms with Crippen molar-refractivity contribution in [3.63, 3.8) is 0 Å². The quantitative estimate of drug-likeness (QED) is 0.569. The summed E-state index contributed by atoms with van der Waals surface area (Å²) in [6, 6.07) is 2.30. The normalized spacial score (nSPS) is 44.2. The molecule has 70 valence electrons. The number of nitriles is 1. The maximum absolute atomic E-state index is 11.7. The largest absolute Gasteiger partial charge is 0.299 e. The van der Waals surface area contributed by atoms with E-state index < -0.39 is 0 Å². The van der Waals surface area contributed by atoms with Gasteiger partial charge in [0.05, 0.1) is 12.0 Å². The van der Waals surface area contributed by atoms with E-state index in [1.54, 1.807) is 0 Å². The summed E-state index contributed by atoms with van der Waals surface area (Å²) in [5.41, 5.74) is 0.162. The zero-order chi connectivity index (χ0) is 9.47. The minimum absolute atomic E-state index is 0.0119. The molecule has 13 heavy (non-hydrogen) atoms. The zero-order valence-corrected chi connectivity index (χ0v) is 8.05. The van der Waals surface area contributed by atoms with Crippen LogP contribution >= 0.6 is 0 Å². The van der Waals surface area contributed by atoms with Crippen LogP contribution in [-0.4, -0.2) is 5.78 Å². The molecule has 0 N–H and O–H groups in total. The molecule has 2 nitrogen and oxygen atoms in total. The van der Waals surface area contributed by atoms with Crippen molar-refractivity contribution in [3.8, 4) is 6.07 Å². The Bertz CT molecular complexity index is 278. The molecule has 0 aromatic rings. The molecule has 2 aliphatic rings. The van der Waals surface area contributed by atoms with Gasteiger partial charge in [-0.15, -0.1) is 0 Å². The highest BCUT2D eigenvalue weighted by Crippen LogP contribution is 2.52. The molecule has 0 aliphatic heterocycles. The summed E-state index contributed by atoms with van der Waals surface area (Å²) in [6.07, 6.45) is 4.88. The van der Waals surface area contributed by atoms with Crippen molar-refractivity contribution in [2.24, 2.45) is 17.3 Å². The van der Waals surface area contributed by atoms with Gasteiger partial charge in [-0.05, 0) is 31.1 Å². The lowest BCUT2D eigenvalue weighted by Crippen LogP contribution is -2.35. The summed E-state index contributed by atoms with van der Waals surface area (Å²) in [6.45, 7) is 2.19. The second-order valence-electron chi connectivity index (χ2n) is 4.73. The molecule has 2 saturated carbocycles. The Kier molecular flexibility index (Phi) is 1.91. The average Bonchev–Trinajstić information content (AvgIpc) is 2.43. The number of ketones is 1. The van der Waals surface area contributed by atoms with Gasteiger partial charge in [-0.1, -0.05) is 6.92 Å². The molecule has 0 aromatic heterocycles. The van der Waals surface area contributed by atoms with Gasteiger partial charge in [-0.25, -0.2) is 0 Å². The number of nitrogens with zero attached hydrogens (tertiary/aromatic N) is 1. The molecule has 2 fully saturated rings. The van der Waals surface area contributed by atoms with Crippen LogP contribution in [-0.2, 0) is 4.79 Å². The Balaban J connectivity index is 2.29. The minimum atomic E-state index is 0.0119. The molecule has 0 saturated heterocycles. The highest BCUT2D eigenvalue weighted by Gasteiger charge is 2.50. The van der Waals surface area contributed by atoms with Crippen molar-refractivity contribution in [3.05, 3.63) is 0 Å². The fraction of sp³-hybridized carbons (Fsp3) is 0.818. The van der Waals surface area contributed by atoms with Crippen LogP contribution in [0.5, 0.6) is 0 Å². The van der Waals surface area contributed by atoms with Crippen molar-refractivity contribution < 1.29 is 4.79 Å². The molecule has 0 radical (unpaired) electrons. The minimum Gasteiger partial charge on any atom is -0.299 e. The second-order valence-corrected chi connectivity index (χ2v) is 4.73. The molecule has 3 atom stereocenters. The lowest BCUT2D eigenvalue weighted by molar-refractivity contribution is -0.129. The Morgan fingerprint density at radius 1 is 1.54 bits per heavy atom. The number of rotatable bonds is 0. The maximum Gasteiger partial charge on any atom is 0.137 e. The summed E-state index contributed by atoms with van der Waals surface area (Å²) in [5.74, 6) is 0.418. The monoisotopic (exact) mass is 177 g/mol. The van der Waals surface area contributed by atoms with E-state index >= 15 is 0 Å². The summed E-state index contributed by atoms with van der Waals surface area (Å²) in [5, 5.41) is 8.93. The van der Waals surface area contributed by atoms with Crippen molar-refractivity contribution in [2.45, 2.75) is 39.0 Å². The summed E-state index contributed by atoms with van der Waals surface area (Å²) in [4.78, 5) is 11.7. The standard InChI is InChI=1S/C11H15NO/c1-11-5-2-3-9(13)10(11)8(7-12)4-6-11/h8,10H,2-6H2,1H3. The van der Waals surface area contributed by atoms with E-state index in [9.17, 15) is 4.79 Å². The van der Waals surface area contributed by atoms with Crippen LogP contribution in [0.2, 0.25) is 0 Å². The van der Waals surface area contributed by atoms with E-state index in [4.69, 9.17) is 5.26 Å². The van der Waals surface area contributed by atoms with Gasteiger partial charge in [0.15, 0.2) is 0 Å². The SMILES string of the molecule is CC12CCCC(=O)C1C(C#N)CC2. The predicted octanol–water partition coefficient (Wildman–Crippen LogP) is 2.30. The molecule has 0 amide bonds. The Morgan fingerprint density at radius 3 is 3.00 bits per heavy atom. The highest BCUT2D eigenvalue weighted by atomic mass is 16.1. The predicted molar refractivity (Wildman–Crippen MR) is 48.8 cm³/mol. The molecule has 0 aromatic carbocycles. The van der Waals surface area contributed by atoms with Crippen LogP contribution in [0.15, 0.2) is 0 Å². The first kappa shape index (κ1) is 8.74. The molecule has 0 heterocycles. The first-order valence-corrected chi connectivity index (χ1v) is 5.10. The van der Waals surface area contributed by atoms with E-state index in [0.717, 1.165) is 25.7 Å². The summed E-state index contributed by atoms with van der Waals surface area (Å²) >= 11 is 0. The van der Waals surface area contributed by atoms with E-state index in [0.29, 0.717) is 12.2 Å². The van der Waals surface area contributed by atoms with Crippen molar-refractivity contribution >= 4 is 5.78 Å². The number of Topliss-reactive ketones (excluding diaryl/α,β-unsaturated/α-hetero) is 1. The third kappa shape index (κ3) is 1.18. The second kappa shape index (κ2) is 2.83. The molecular formula is C11H15NO. The van der Waals surface area contributed by atoms with E-state index in [-0.39, 0.29) is 17.3 Å². The number of carbonyl (C=O) groups excluding carboxylic acids is 1. The fourth-order valence-electron chi connectivity index (χ4n) is 3.15. The molecule has 2 aliphatic carbocycles. The van der Waals surface area contributed by atoms with Gasteiger partial charge in [-0.3, -0.25) is 4.79 Å². The van der Waals surface area contributed by atoms with Gasteiger partial charge < -0.3 is 0 Å².